The molecule has 0 aliphatic heterocycles. The summed E-state index contributed by atoms with van der Waals surface area (Å²) < 4.78 is 29.3. The Bertz CT molecular complexity index is 560. The summed E-state index contributed by atoms with van der Waals surface area (Å²) in [4.78, 5) is 5.29. The van der Waals surface area contributed by atoms with E-state index in [1.165, 1.54) is 0 Å². The molecule has 2 aromatic rings. The fourth-order valence-corrected chi connectivity index (χ4v) is 2.64. The minimum Gasteiger partial charge on any atom is -0.434 e. The first-order valence-electron chi connectivity index (χ1n) is 6.24. The molecule has 2 rings (SSSR count). The van der Waals surface area contributed by atoms with Crippen molar-refractivity contribution in [3.63, 3.8) is 0 Å². The number of nitrogens with one attached hydrogen (secondary N) is 1. The third-order valence-electron chi connectivity index (χ3n) is 2.85. The molecule has 0 saturated heterocycles. The Hall–Kier alpha value is -1.53. The normalized spacial score (nSPS) is 12.7. The van der Waals surface area contributed by atoms with Gasteiger partial charge in [0.15, 0.2) is 0 Å². The van der Waals surface area contributed by atoms with Gasteiger partial charge in [0, 0.05) is 29.2 Å². The zero-order chi connectivity index (χ0) is 14.5. The first-order chi connectivity index (χ1) is 9.56. The summed E-state index contributed by atoms with van der Waals surface area (Å²) >= 11 is 1.61. The highest BCUT2D eigenvalue weighted by atomic mass is 32.1. The van der Waals surface area contributed by atoms with E-state index in [2.05, 4.69) is 15.0 Å². The number of para-hydroxylation sites is 1. The fourth-order valence-electron chi connectivity index (χ4n) is 1.89. The van der Waals surface area contributed by atoms with Gasteiger partial charge in [-0.25, -0.2) is 4.98 Å². The lowest BCUT2D eigenvalue weighted by atomic mass is 10.1. The summed E-state index contributed by atoms with van der Waals surface area (Å²) in [6.07, 6.45) is 1.82. The van der Waals surface area contributed by atoms with Crippen LogP contribution in [0.25, 0.3) is 0 Å². The number of hydrogen-bond donors (Lipinski definition) is 1. The second-order valence-electron chi connectivity index (χ2n) is 4.36. The van der Waals surface area contributed by atoms with Crippen LogP contribution in [0.5, 0.6) is 5.75 Å². The monoisotopic (exact) mass is 298 g/mol. The van der Waals surface area contributed by atoms with Crippen LogP contribution in [0.3, 0.4) is 0 Å². The summed E-state index contributed by atoms with van der Waals surface area (Å²) in [5.41, 5.74) is 0.717. The largest absolute Gasteiger partial charge is 0.434 e. The molecule has 6 heteroatoms. The molecule has 1 aromatic heterocycles. The van der Waals surface area contributed by atoms with Crippen molar-refractivity contribution in [2.75, 3.05) is 0 Å². The minimum atomic E-state index is -2.81. The number of benzene rings is 1. The van der Waals surface area contributed by atoms with Crippen LogP contribution in [-0.2, 0) is 6.54 Å². The van der Waals surface area contributed by atoms with Gasteiger partial charge < -0.3 is 10.1 Å². The smallest absolute Gasteiger partial charge is 0.387 e. The molecule has 1 atom stereocenters. The molecule has 0 fully saturated rings. The highest BCUT2D eigenvalue weighted by Gasteiger charge is 2.14. The van der Waals surface area contributed by atoms with E-state index in [1.807, 2.05) is 26.1 Å². The van der Waals surface area contributed by atoms with Gasteiger partial charge >= 0.3 is 6.61 Å². The fraction of sp³-hybridized carbons (Fsp3) is 0.357. The van der Waals surface area contributed by atoms with E-state index in [-0.39, 0.29) is 11.8 Å². The number of ether oxygens (including phenoxy) is 1. The van der Waals surface area contributed by atoms with Crippen molar-refractivity contribution in [3.8, 4) is 5.75 Å². The Morgan fingerprint density at radius 1 is 1.35 bits per heavy atom. The van der Waals surface area contributed by atoms with Crippen LogP contribution in [0.15, 0.2) is 30.5 Å². The van der Waals surface area contributed by atoms with Crippen molar-refractivity contribution in [3.05, 3.63) is 45.9 Å². The predicted molar refractivity (Wildman–Crippen MR) is 75.2 cm³/mol. The number of alkyl halides is 2. The van der Waals surface area contributed by atoms with Crippen molar-refractivity contribution in [2.45, 2.75) is 33.0 Å². The molecule has 108 valence electrons. The maximum absolute atomic E-state index is 12.4. The zero-order valence-corrected chi connectivity index (χ0v) is 12.1. The van der Waals surface area contributed by atoms with Crippen molar-refractivity contribution in [1.29, 1.82) is 0 Å². The molecule has 0 radical (unpaired) electrons. The number of rotatable bonds is 6. The van der Waals surface area contributed by atoms with Gasteiger partial charge in [-0.2, -0.15) is 8.78 Å². The van der Waals surface area contributed by atoms with Gasteiger partial charge in [-0.05, 0) is 19.9 Å². The van der Waals surface area contributed by atoms with Gasteiger partial charge in [0.25, 0.3) is 0 Å². The minimum absolute atomic E-state index is 0.0904. The summed E-state index contributed by atoms with van der Waals surface area (Å²) in [7, 11) is 0. The van der Waals surface area contributed by atoms with Gasteiger partial charge in [0.1, 0.15) is 5.75 Å². The van der Waals surface area contributed by atoms with Crippen LogP contribution in [0, 0.1) is 6.92 Å². The van der Waals surface area contributed by atoms with Crippen LogP contribution in [0.4, 0.5) is 8.78 Å². The average molecular weight is 298 g/mol. The molecule has 3 nitrogen and oxygen atoms in total. The molecule has 0 saturated carbocycles. The second-order valence-corrected chi connectivity index (χ2v) is 5.68. The number of halogens is 2. The number of thiazole rings is 1. The van der Waals surface area contributed by atoms with Crippen molar-refractivity contribution < 1.29 is 13.5 Å². The highest BCUT2D eigenvalue weighted by Crippen LogP contribution is 2.26. The van der Waals surface area contributed by atoms with Gasteiger partial charge in [-0.1, -0.05) is 18.2 Å². The van der Waals surface area contributed by atoms with E-state index in [4.69, 9.17) is 0 Å². The lowest BCUT2D eigenvalue weighted by Gasteiger charge is -2.17. The molecule has 20 heavy (non-hydrogen) atoms. The van der Waals surface area contributed by atoms with E-state index in [0.717, 1.165) is 9.88 Å². The third-order valence-corrected chi connectivity index (χ3v) is 3.77. The second kappa shape index (κ2) is 6.76. The maximum atomic E-state index is 12.4. The Balaban J connectivity index is 2.03. The van der Waals surface area contributed by atoms with Crippen LogP contribution in [-0.4, -0.2) is 11.6 Å². The molecule has 1 unspecified atom stereocenters. The Morgan fingerprint density at radius 2 is 2.10 bits per heavy atom. The van der Waals surface area contributed by atoms with E-state index in [0.29, 0.717) is 12.1 Å². The lowest BCUT2D eigenvalue weighted by Crippen LogP contribution is -2.19. The highest BCUT2D eigenvalue weighted by molar-refractivity contribution is 7.11. The van der Waals surface area contributed by atoms with Crippen LogP contribution < -0.4 is 10.1 Å². The lowest BCUT2D eigenvalue weighted by molar-refractivity contribution is -0.0506. The van der Waals surface area contributed by atoms with E-state index in [9.17, 15) is 8.78 Å². The Morgan fingerprint density at radius 3 is 2.75 bits per heavy atom. The number of aryl methyl sites for hydroxylation is 1. The quantitative estimate of drug-likeness (QED) is 0.878. The van der Waals surface area contributed by atoms with Crippen LogP contribution in [0.2, 0.25) is 0 Å². The molecular weight excluding hydrogens is 282 g/mol. The first kappa shape index (κ1) is 14.9. The molecule has 0 aliphatic rings. The summed E-state index contributed by atoms with van der Waals surface area (Å²) in [5.74, 6) is 0.211. The molecule has 1 aromatic carbocycles. The van der Waals surface area contributed by atoms with E-state index >= 15 is 0 Å². The van der Waals surface area contributed by atoms with Gasteiger partial charge in [-0.3, -0.25) is 0 Å². The van der Waals surface area contributed by atoms with Gasteiger partial charge in [-0.15, -0.1) is 11.3 Å². The van der Waals surface area contributed by atoms with Crippen molar-refractivity contribution in [2.24, 2.45) is 0 Å². The molecule has 0 bridgehead atoms. The van der Waals surface area contributed by atoms with Gasteiger partial charge in [0.2, 0.25) is 0 Å². The van der Waals surface area contributed by atoms with Crippen LogP contribution >= 0.6 is 11.3 Å². The molecule has 1 N–H and O–H groups in total. The molecule has 0 spiro atoms. The topological polar surface area (TPSA) is 34.2 Å². The standard InChI is InChI=1S/C14H16F2N2OS/c1-9(17-7-11-8-18-10(2)20-11)12-5-3-4-6-13(12)19-14(15)16/h3-6,8-9,14,17H,7H2,1-2H3. The molecule has 1 heterocycles. The number of aromatic nitrogens is 1. The molecule has 0 amide bonds. The number of nitrogens with zero attached hydrogens (tertiary/aromatic N) is 1. The molecular formula is C14H16F2N2OS. The molecule has 0 aliphatic carbocycles. The summed E-state index contributed by atoms with van der Waals surface area (Å²) in [6.45, 7) is 1.70. The zero-order valence-electron chi connectivity index (χ0n) is 11.3. The summed E-state index contributed by atoms with van der Waals surface area (Å²) in [6, 6.07) is 6.74. The van der Waals surface area contributed by atoms with Crippen LogP contribution in [0.1, 0.15) is 28.4 Å². The average Bonchev–Trinajstić information content (AvgIpc) is 2.82. The van der Waals surface area contributed by atoms with Crippen molar-refractivity contribution in [1.82, 2.24) is 10.3 Å². The maximum Gasteiger partial charge on any atom is 0.387 e. The van der Waals surface area contributed by atoms with E-state index in [1.54, 1.807) is 29.5 Å². The number of hydrogen-bond acceptors (Lipinski definition) is 4. The van der Waals surface area contributed by atoms with Gasteiger partial charge in [0.05, 0.1) is 5.01 Å². The Kier molecular flexibility index (Phi) is 5.03. The SMILES string of the molecule is Cc1ncc(CNC(C)c2ccccc2OC(F)F)s1. The third kappa shape index (κ3) is 3.98. The van der Waals surface area contributed by atoms with E-state index < -0.39 is 6.61 Å². The predicted octanol–water partition coefficient (Wildman–Crippen LogP) is 3.90. The summed E-state index contributed by atoms with van der Waals surface area (Å²) in [5, 5.41) is 4.30. The van der Waals surface area contributed by atoms with Crippen molar-refractivity contribution >= 4 is 11.3 Å². The first-order valence-corrected chi connectivity index (χ1v) is 7.06. The Labute approximate surface area is 120 Å².